The standard InChI is InChI=1S/C10H8N4/c11-13-12-9-5-1-2-6-10(9)14-7-3-4-8-14/h1-8H. The lowest BCUT2D eigenvalue weighted by atomic mass is 10.3. The summed E-state index contributed by atoms with van der Waals surface area (Å²) in [6.45, 7) is 0. The Bertz CT molecular complexity index is 467. The van der Waals surface area contributed by atoms with E-state index in [-0.39, 0.29) is 0 Å². The van der Waals surface area contributed by atoms with E-state index in [0.717, 1.165) is 5.69 Å². The van der Waals surface area contributed by atoms with Crippen LogP contribution >= 0.6 is 0 Å². The Hall–Kier alpha value is -2.19. The molecule has 14 heavy (non-hydrogen) atoms. The van der Waals surface area contributed by atoms with E-state index in [1.807, 2.05) is 47.3 Å². The van der Waals surface area contributed by atoms with Gasteiger partial charge in [-0.05, 0) is 23.7 Å². The molecule has 0 atom stereocenters. The first kappa shape index (κ1) is 8.41. The molecule has 4 nitrogen and oxygen atoms in total. The van der Waals surface area contributed by atoms with Crippen LogP contribution < -0.4 is 0 Å². The fourth-order valence-corrected chi connectivity index (χ4v) is 1.31. The van der Waals surface area contributed by atoms with Crippen molar-refractivity contribution in [1.29, 1.82) is 0 Å². The van der Waals surface area contributed by atoms with Gasteiger partial charge in [-0.3, -0.25) is 0 Å². The molecule has 1 aromatic heterocycles. The summed E-state index contributed by atoms with van der Waals surface area (Å²) in [5, 5.41) is 3.62. The van der Waals surface area contributed by atoms with Crippen LogP contribution in [0, 0.1) is 0 Å². The Balaban J connectivity index is 2.57. The summed E-state index contributed by atoms with van der Waals surface area (Å²) in [4.78, 5) is 2.79. The van der Waals surface area contributed by atoms with Crippen molar-refractivity contribution in [3.63, 3.8) is 0 Å². The molecular formula is C10H8N4. The number of rotatable bonds is 2. The van der Waals surface area contributed by atoms with Crippen molar-refractivity contribution in [1.82, 2.24) is 4.57 Å². The Labute approximate surface area is 81.0 Å². The lowest BCUT2D eigenvalue weighted by Gasteiger charge is -2.05. The van der Waals surface area contributed by atoms with Crippen LogP contribution in [0.2, 0.25) is 0 Å². The predicted octanol–water partition coefficient (Wildman–Crippen LogP) is 3.42. The second-order valence-electron chi connectivity index (χ2n) is 2.77. The molecule has 0 unspecified atom stereocenters. The summed E-state index contributed by atoms with van der Waals surface area (Å²) in [7, 11) is 0. The Morgan fingerprint density at radius 3 is 2.50 bits per heavy atom. The minimum absolute atomic E-state index is 0.631. The first-order valence-electron chi connectivity index (χ1n) is 4.19. The topological polar surface area (TPSA) is 53.7 Å². The SMILES string of the molecule is [N-]=[N+]=Nc1ccccc1-n1cccc1. The van der Waals surface area contributed by atoms with Gasteiger partial charge in [0.25, 0.3) is 0 Å². The minimum Gasteiger partial charge on any atom is -0.323 e. The number of hydrogen-bond donors (Lipinski definition) is 0. The van der Waals surface area contributed by atoms with Gasteiger partial charge in [-0.2, -0.15) is 0 Å². The van der Waals surface area contributed by atoms with E-state index in [9.17, 15) is 0 Å². The fourth-order valence-electron chi connectivity index (χ4n) is 1.31. The molecule has 2 aromatic rings. The van der Waals surface area contributed by atoms with Crippen molar-refractivity contribution in [3.05, 3.63) is 59.2 Å². The third-order valence-corrected chi connectivity index (χ3v) is 1.92. The van der Waals surface area contributed by atoms with Gasteiger partial charge in [0.15, 0.2) is 0 Å². The normalized spacial score (nSPS) is 9.43. The molecule has 0 fully saturated rings. The number of hydrogen-bond acceptors (Lipinski definition) is 1. The molecule has 0 aliphatic carbocycles. The van der Waals surface area contributed by atoms with Crippen molar-refractivity contribution >= 4 is 5.69 Å². The molecule has 0 saturated carbocycles. The highest BCUT2D eigenvalue weighted by molar-refractivity contribution is 5.56. The minimum atomic E-state index is 0.631. The molecule has 0 aliphatic rings. The average Bonchev–Trinajstić information content (AvgIpc) is 2.72. The van der Waals surface area contributed by atoms with E-state index >= 15 is 0 Å². The molecule has 0 amide bonds. The summed E-state index contributed by atoms with van der Waals surface area (Å²) < 4.78 is 1.91. The van der Waals surface area contributed by atoms with E-state index < -0.39 is 0 Å². The van der Waals surface area contributed by atoms with Gasteiger partial charge < -0.3 is 4.57 Å². The highest BCUT2D eigenvalue weighted by Gasteiger charge is 1.99. The fraction of sp³-hybridized carbons (Fsp3) is 0. The summed E-state index contributed by atoms with van der Waals surface area (Å²) in [6, 6.07) is 11.3. The summed E-state index contributed by atoms with van der Waals surface area (Å²) in [5.41, 5.74) is 9.91. The van der Waals surface area contributed by atoms with Gasteiger partial charge in [-0.1, -0.05) is 23.3 Å². The van der Waals surface area contributed by atoms with Crippen LogP contribution in [0.25, 0.3) is 16.1 Å². The Morgan fingerprint density at radius 1 is 1.07 bits per heavy atom. The largest absolute Gasteiger partial charge is 0.323 e. The number of benzene rings is 1. The first-order chi connectivity index (χ1) is 6.92. The van der Waals surface area contributed by atoms with Crippen molar-refractivity contribution in [3.8, 4) is 5.69 Å². The molecule has 1 heterocycles. The van der Waals surface area contributed by atoms with Crippen LogP contribution in [0.3, 0.4) is 0 Å². The van der Waals surface area contributed by atoms with Crippen LogP contribution in [0.1, 0.15) is 0 Å². The van der Waals surface area contributed by atoms with Gasteiger partial charge in [-0.25, -0.2) is 0 Å². The summed E-state index contributed by atoms with van der Waals surface area (Å²) >= 11 is 0. The second kappa shape index (κ2) is 3.68. The highest BCUT2D eigenvalue weighted by atomic mass is 15.1. The molecule has 0 N–H and O–H groups in total. The molecule has 2 rings (SSSR count). The highest BCUT2D eigenvalue weighted by Crippen LogP contribution is 2.22. The molecule has 0 bridgehead atoms. The molecule has 0 aliphatic heterocycles. The average molecular weight is 184 g/mol. The second-order valence-corrected chi connectivity index (χ2v) is 2.77. The van der Waals surface area contributed by atoms with Gasteiger partial charge in [0.2, 0.25) is 0 Å². The molecule has 0 radical (unpaired) electrons. The predicted molar refractivity (Wildman–Crippen MR) is 54.6 cm³/mol. The zero-order valence-electron chi connectivity index (χ0n) is 7.41. The lowest BCUT2D eigenvalue weighted by Crippen LogP contribution is -1.88. The van der Waals surface area contributed by atoms with E-state index in [2.05, 4.69) is 10.0 Å². The zero-order valence-corrected chi connectivity index (χ0v) is 7.41. The van der Waals surface area contributed by atoms with Gasteiger partial charge in [0.1, 0.15) is 0 Å². The van der Waals surface area contributed by atoms with Crippen molar-refractivity contribution in [2.45, 2.75) is 0 Å². The molecule has 68 valence electrons. The van der Waals surface area contributed by atoms with Crippen LogP contribution in [0.5, 0.6) is 0 Å². The first-order valence-corrected chi connectivity index (χ1v) is 4.19. The van der Waals surface area contributed by atoms with Gasteiger partial charge in [-0.15, -0.1) is 0 Å². The monoisotopic (exact) mass is 184 g/mol. The molecule has 4 heteroatoms. The summed E-state index contributed by atoms with van der Waals surface area (Å²) in [6.07, 6.45) is 3.82. The molecule has 1 aromatic carbocycles. The maximum Gasteiger partial charge on any atom is 0.0615 e. The van der Waals surface area contributed by atoms with Crippen LogP contribution in [0.15, 0.2) is 53.9 Å². The zero-order chi connectivity index (χ0) is 9.80. The Morgan fingerprint density at radius 2 is 1.79 bits per heavy atom. The number of para-hydroxylation sites is 1. The van der Waals surface area contributed by atoms with E-state index in [1.54, 1.807) is 6.07 Å². The van der Waals surface area contributed by atoms with Crippen molar-refractivity contribution in [2.24, 2.45) is 5.11 Å². The summed E-state index contributed by atoms with van der Waals surface area (Å²) in [5.74, 6) is 0. The third-order valence-electron chi connectivity index (χ3n) is 1.92. The van der Waals surface area contributed by atoms with Crippen molar-refractivity contribution in [2.75, 3.05) is 0 Å². The molecule has 0 spiro atoms. The third kappa shape index (κ3) is 1.46. The number of aromatic nitrogens is 1. The maximum atomic E-state index is 8.39. The van der Waals surface area contributed by atoms with Crippen LogP contribution in [-0.2, 0) is 0 Å². The van der Waals surface area contributed by atoms with Gasteiger partial charge >= 0.3 is 0 Å². The van der Waals surface area contributed by atoms with E-state index in [0.29, 0.717) is 5.69 Å². The lowest BCUT2D eigenvalue weighted by molar-refractivity contribution is 1.08. The number of azide groups is 1. The van der Waals surface area contributed by atoms with Crippen molar-refractivity contribution < 1.29 is 0 Å². The van der Waals surface area contributed by atoms with Crippen LogP contribution in [0.4, 0.5) is 5.69 Å². The number of nitrogens with zero attached hydrogens (tertiary/aromatic N) is 4. The van der Waals surface area contributed by atoms with Gasteiger partial charge in [0, 0.05) is 17.3 Å². The Kier molecular flexibility index (Phi) is 2.21. The van der Waals surface area contributed by atoms with E-state index in [4.69, 9.17) is 5.53 Å². The van der Waals surface area contributed by atoms with E-state index in [1.165, 1.54) is 0 Å². The molecular weight excluding hydrogens is 176 g/mol. The van der Waals surface area contributed by atoms with Crippen LogP contribution in [-0.4, -0.2) is 4.57 Å². The molecule has 0 saturated heterocycles. The quantitative estimate of drug-likeness (QED) is 0.390. The smallest absolute Gasteiger partial charge is 0.0615 e. The maximum absolute atomic E-state index is 8.39. The van der Waals surface area contributed by atoms with Gasteiger partial charge in [0.05, 0.1) is 11.4 Å².